The van der Waals surface area contributed by atoms with Crippen molar-refractivity contribution in [3.63, 3.8) is 0 Å². The highest BCUT2D eigenvalue weighted by Gasteiger charge is 2.10. The fourth-order valence-electron chi connectivity index (χ4n) is 2.55. The lowest BCUT2D eigenvalue weighted by Gasteiger charge is -2.12. The topological polar surface area (TPSA) is 62.7 Å². The minimum Gasteiger partial charge on any atom is -0.487 e. The van der Waals surface area contributed by atoms with E-state index in [1.807, 2.05) is 42.5 Å². The fraction of sp³-hybridized carbons (Fsp3) is 0.0909. The number of nitrogens with zero attached hydrogens (tertiary/aromatic N) is 1. The van der Waals surface area contributed by atoms with Gasteiger partial charge in [-0.1, -0.05) is 45.2 Å². The number of carbonyl (C=O) groups excluding carboxylic acids is 1. The van der Waals surface area contributed by atoms with Crippen LogP contribution in [0.4, 0.5) is 5.69 Å². The number of nitrogens with one attached hydrogen (secondary N) is 2. The lowest BCUT2D eigenvalue weighted by atomic mass is 10.2. The van der Waals surface area contributed by atoms with Crippen molar-refractivity contribution < 1.29 is 9.53 Å². The molecule has 166 valence electrons. The average Bonchev–Trinajstić information content (AvgIpc) is 2.74. The van der Waals surface area contributed by atoms with Crippen LogP contribution in [0.25, 0.3) is 0 Å². The van der Waals surface area contributed by atoms with E-state index in [9.17, 15) is 4.79 Å². The number of amides is 1. The predicted molar refractivity (Wildman–Crippen MR) is 151 cm³/mol. The van der Waals surface area contributed by atoms with Crippen molar-refractivity contribution in [3.05, 3.63) is 87.4 Å². The summed E-state index contributed by atoms with van der Waals surface area (Å²) < 4.78 is 8.80. The Bertz CT molecular complexity index is 1120. The zero-order chi connectivity index (χ0) is 23.1. The molecule has 5 nitrogen and oxygen atoms in total. The number of ether oxygens (including phenoxy) is 1. The van der Waals surface area contributed by atoms with Crippen LogP contribution in [0.5, 0.6) is 5.75 Å². The van der Waals surface area contributed by atoms with Gasteiger partial charge in [0.15, 0.2) is 0 Å². The molecule has 0 aliphatic rings. The molecule has 0 saturated carbocycles. The van der Waals surface area contributed by atoms with E-state index in [1.165, 1.54) is 0 Å². The highest BCUT2D eigenvalue weighted by atomic mass is 127. The predicted octanol–water partition coefficient (Wildman–Crippen LogP) is 7.11. The maximum atomic E-state index is 12.0. The van der Waals surface area contributed by atoms with Crippen LogP contribution in [0.1, 0.15) is 11.1 Å². The Labute approximate surface area is 231 Å². The van der Waals surface area contributed by atoms with E-state index in [4.69, 9.17) is 27.9 Å². The molecule has 0 unspecified atom stereocenters. The maximum Gasteiger partial charge on any atom is 0.259 e. The number of halogens is 5. The second-order valence-corrected chi connectivity index (χ2v) is 10.6. The summed E-state index contributed by atoms with van der Waals surface area (Å²) in [5, 5.41) is 8.23. The molecule has 0 spiro atoms. The van der Waals surface area contributed by atoms with Gasteiger partial charge in [0, 0.05) is 25.8 Å². The minimum atomic E-state index is -0.242. The molecule has 0 aliphatic carbocycles. The summed E-state index contributed by atoms with van der Waals surface area (Å²) in [6.07, 6.45) is 1.60. The lowest BCUT2D eigenvalue weighted by Crippen LogP contribution is -2.25. The Morgan fingerprint density at radius 2 is 1.75 bits per heavy atom. The molecule has 0 fully saturated rings. The van der Waals surface area contributed by atoms with Crippen LogP contribution in [0.2, 0.25) is 10.0 Å². The molecule has 0 aliphatic heterocycles. The Morgan fingerprint density at radius 1 is 1.06 bits per heavy atom. The lowest BCUT2D eigenvalue weighted by molar-refractivity contribution is -0.119. The van der Waals surface area contributed by atoms with Gasteiger partial charge in [0.1, 0.15) is 12.4 Å². The number of rotatable bonds is 8. The second kappa shape index (κ2) is 12.4. The van der Waals surface area contributed by atoms with Crippen molar-refractivity contribution in [1.82, 2.24) is 5.43 Å². The van der Waals surface area contributed by atoms with Crippen molar-refractivity contribution in [3.8, 4) is 5.75 Å². The largest absolute Gasteiger partial charge is 0.487 e. The standard InChI is InChI=1S/C22H16BrCl2I2N3O2/c23-15-2-5-17(6-3-15)28-11-21(31)30-29-10-13-7-19(26)22(20(27)8-13)32-12-14-1-4-16(24)9-18(14)25/h1-10,28H,11-12H2,(H,30,31)/b29-10-. The van der Waals surface area contributed by atoms with Crippen LogP contribution in [-0.4, -0.2) is 18.7 Å². The number of benzene rings is 3. The van der Waals surface area contributed by atoms with Crippen LogP contribution >= 0.6 is 84.3 Å². The molecule has 0 saturated heterocycles. The molecule has 3 rings (SSSR count). The van der Waals surface area contributed by atoms with Crippen molar-refractivity contribution in [1.29, 1.82) is 0 Å². The first-order valence-electron chi connectivity index (χ1n) is 9.19. The van der Waals surface area contributed by atoms with Gasteiger partial charge in [-0.05, 0) is 99.3 Å². The van der Waals surface area contributed by atoms with Gasteiger partial charge in [0.25, 0.3) is 5.91 Å². The van der Waals surface area contributed by atoms with Gasteiger partial charge in [-0.15, -0.1) is 0 Å². The number of carbonyl (C=O) groups is 1. The highest BCUT2D eigenvalue weighted by Crippen LogP contribution is 2.30. The average molecular weight is 759 g/mol. The molecule has 32 heavy (non-hydrogen) atoms. The van der Waals surface area contributed by atoms with Gasteiger partial charge in [-0.2, -0.15) is 5.10 Å². The summed E-state index contributed by atoms with van der Waals surface area (Å²) in [7, 11) is 0. The molecule has 0 atom stereocenters. The number of hydrazone groups is 1. The molecular formula is C22H16BrCl2I2N3O2. The van der Waals surface area contributed by atoms with Gasteiger partial charge in [-0.25, -0.2) is 5.43 Å². The van der Waals surface area contributed by atoms with Crippen LogP contribution in [0, 0.1) is 7.14 Å². The van der Waals surface area contributed by atoms with Crippen LogP contribution < -0.4 is 15.5 Å². The van der Waals surface area contributed by atoms with E-state index in [2.05, 4.69) is 77.0 Å². The normalized spacial score (nSPS) is 10.9. The van der Waals surface area contributed by atoms with Crippen LogP contribution in [-0.2, 0) is 11.4 Å². The van der Waals surface area contributed by atoms with E-state index in [1.54, 1.807) is 18.3 Å². The summed E-state index contributed by atoms with van der Waals surface area (Å²) in [6, 6.07) is 16.8. The summed E-state index contributed by atoms with van der Waals surface area (Å²) in [6.45, 7) is 0.449. The van der Waals surface area contributed by atoms with Crippen molar-refractivity contribution in [2.45, 2.75) is 6.61 Å². The van der Waals surface area contributed by atoms with Crippen molar-refractivity contribution >= 4 is 102 Å². The van der Waals surface area contributed by atoms with Gasteiger partial charge >= 0.3 is 0 Å². The molecule has 1 amide bonds. The van der Waals surface area contributed by atoms with E-state index < -0.39 is 0 Å². The molecule has 0 heterocycles. The van der Waals surface area contributed by atoms with Gasteiger partial charge < -0.3 is 10.1 Å². The molecule has 0 radical (unpaired) electrons. The monoisotopic (exact) mass is 757 g/mol. The summed E-state index contributed by atoms with van der Waals surface area (Å²) >= 11 is 20.0. The highest BCUT2D eigenvalue weighted by molar-refractivity contribution is 14.1. The van der Waals surface area contributed by atoms with Crippen LogP contribution in [0.15, 0.2) is 64.2 Å². The summed E-state index contributed by atoms with van der Waals surface area (Å²) in [5.41, 5.74) is 5.07. The SMILES string of the molecule is O=C(CNc1ccc(Br)cc1)N/N=C\c1cc(I)c(OCc2ccc(Cl)cc2Cl)c(I)c1. The van der Waals surface area contributed by atoms with Crippen LogP contribution in [0.3, 0.4) is 0 Å². The molecule has 10 heteroatoms. The first-order valence-corrected chi connectivity index (χ1v) is 12.9. The molecule has 0 aromatic heterocycles. The number of hydrogen-bond donors (Lipinski definition) is 2. The Kier molecular flexibility index (Phi) is 9.90. The molecule has 3 aromatic rings. The van der Waals surface area contributed by atoms with Gasteiger partial charge in [0.2, 0.25) is 0 Å². The number of hydrogen-bond acceptors (Lipinski definition) is 4. The molecule has 3 aromatic carbocycles. The number of anilines is 1. The first-order chi connectivity index (χ1) is 15.3. The Hall–Kier alpha value is -1.08. The third-order valence-corrected chi connectivity index (χ3v) is 6.83. The maximum absolute atomic E-state index is 12.0. The van der Waals surface area contributed by atoms with Crippen molar-refractivity contribution in [2.75, 3.05) is 11.9 Å². The zero-order valence-corrected chi connectivity index (χ0v) is 23.8. The Balaban J connectivity index is 1.55. The third kappa shape index (κ3) is 7.75. The summed E-state index contributed by atoms with van der Waals surface area (Å²) in [5.74, 6) is 0.519. The quantitative estimate of drug-likeness (QED) is 0.146. The first kappa shape index (κ1) is 25.5. The van der Waals surface area contributed by atoms with E-state index in [-0.39, 0.29) is 12.5 Å². The van der Waals surface area contributed by atoms with Crippen molar-refractivity contribution in [2.24, 2.45) is 5.10 Å². The molecule has 0 bridgehead atoms. The van der Waals surface area contributed by atoms with Gasteiger partial charge in [0.05, 0.1) is 19.9 Å². The molecular weight excluding hydrogens is 743 g/mol. The Morgan fingerprint density at radius 3 is 2.41 bits per heavy atom. The third-order valence-electron chi connectivity index (χ3n) is 4.11. The van der Waals surface area contributed by atoms with E-state index in [0.717, 1.165) is 34.2 Å². The minimum absolute atomic E-state index is 0.119. The van der Waals surface area contributed by atoms with E-state index in [0.29, 0.717) is 16.7 Å². The zero-order valence-electron chi connectivity index (χ0n) is 16.3. The summed E-state index contributed by atoms with van der Waals surface area (Å²) in [4.78, 5) is 12.0. The second-order valence-electron chi connectivity index (χ2n) is 6.49. The van der Waals surface area contributed by atoms with Gasteiger partial charge in [-0.3, -0.25) is 4.79 Å². The molecule has 2 N–H and O–H groups in total. The van der Waals surface area contributed by atoms with E-state index >= 15 is 0 Å². The fourth-order valence-corrected chi connectivity index (χ4v) is 5.40. The smallest absolute Gasteiger partial charge is 0.259 e.